The van der Waals surface area contributed by atoms with Crippen LogP contribution in [0, 0.1) is 13.8 Å². The van der Waals surface area contributed by atoms with Gasteiger partial charge < -0.3 is 10.6 Å². The SMILES string of the molecule is Cc1ccc(NC(=O)c2nn3c(c2Cl)N[C@H](c2cccs2)C[C@@H]3C(F)(F)F)cc1C. The molecule has 5 nitrogen and oxygen atoms in total. The number of hydrogen-bond acceptors (Lipinski definition) is 4. The Morgan fingerprint density at radius 3 is 2.70 bits per heavy atom. The van der Waals surface area contributed by atoms with Gasteiger partial charge in [0.25, 0.3) is 5.91 Å². The van der Waals surface area contributed by atoms with E-state index in [1.807, 2.05) is 19.9 Å². The molecule has 0 bridgehead atoms. The number of rotatable bonds is 3. The van der Waals surface area contributed by atoms with Crippen molar-refractivity contribution in [2.45, 2.75) is 38.5 Å². The highest BCUT2D eigenvalue weighted by atomic mass is 35.5. The number of aryl methyl sites for hydroxylation is 2. The molecule has 0 radical (unpaired) electrons. The van der Waals surface area contributed by atoms with Gasteiger partial charge in [0.1, 0.15) is 10.8 Å². The molecule has 10 heteroatoms. The van der Waals surface area contributed by atoms with Crippen LogP contribution in [0.4, 0.5) is 24.7 Å². The first-order chi connectivity index (χ1) is 14.1. The molecular formula is C20H18ClF3N4OS. The van der Waals surface area contributed by atoms with Crippen LogP contribution in [0.5, 0.6) is 0 Å². The van der Waals surface area contributed by atoms with Crippen LogP contribution in [-0.4, -0.2) is 21.9 Å². The standard InChI is InChI=1S/C20H18ClF3N4OS/c1-10-5-6-12(8-11(10)2)25-19(29)17-16(21)18-26-13(14-4-3-7-30-14)9-15(20(22,23)24)28(18)27-17/h3-8,13,15,26H,9H2,1-2H3,(H,25,29)/t13-,15+/m0/s1. The summed E-state index contributed by atoms with van der Waals surface area (Å²) >= 11 is 7.69. The molecule has 1 amide bonds. The highest BCUT2D eigenvalue weighted by Crippen LogP contribution is 2.46. The van der Waals surface area contributed by atoms with Crippen LogP contribution in [0.25, 0.3) is 0 Å². The smallest absolute Gasteiger partial charge is 0.361 e. The summed E-state index contributed by atoms with van der Waals surface area (Å²) in [6.45, 7) is 3.84. The lowest BCUT2D eigenvalue weighted by molar-refractivity contribution is -0.173. The van der Waals surface area contributed by atoms with Crippen molar-refractivity contribution in [3.05, 3.63) is 62.4 Å². The summed E-state index contributed by atoms with van der Waals surface area (Å²) < 4.78 is 42.1. The molecule has 0 aliphatic carbocycles. The van der Waals surface area contributed by atoms with Crippen LogP contribution in [0.15, 0.2) is 35.7 Å². The number of thiophene rings is 1. The van der Waals surface area contributed by atoms with Gasteiger partial charge in [-0.25, -0.2) is 4.68 Å². The first-order valence-electron chi connectivity index (χ1n) is 9.18. The van der Waals surface area contributed by atoms with Gasteiger partial charge in [0, 0.05) is 17.0 Å². The van der Waals surface area contributed by atoms with E-state index in [0.29, 0.717) is 5.69 Å². The fraction of sp³-hybridized carbons (Fsp3) is 0.300. The molecule has 2 aromatic heterocycles. The fourth-order valence-electron chi connectivity index (χ4n) is 3.42. The van der Waals surface area contributed by atoms with Gasteiger partial charge in [-0.2, -0.15) is 18.3 Å². The second-order valence-electron chi connectivity index (χ2n) is 7.21. The van der Waals surface area contributed by atoms with Crippen molar-refractivity contribution in [2.24, 2.45) is 0 Å². The van der Waals surface area contributed by atoms with Gasteiger partial charge in [0.15, 0.2) is 11.7 Å². The van der Waals surface area contributed by atoms with E-state index >= 15 is 0 Å². The number of benzene rings is 1. The lowest BCUT2D eigenvalue weighted by atomic mass is 10.0. The Morgan fingerprint density at radius 1 is 1.30 bits per heavy atom. The maximum Gasteiger partial charge on any atom is 0.410 e. The van der Waals surface area contributed by atoms with Gasteiger partial charge in [-0.05, 0) is 48.6 Å². The first kappa shape index (κ1) is 20.7. The van der Waals surface area contributed by atoms with Crippen molar-refractivity contribution in [1.29, 1.82) is 0 Å². The van der Waals surface area contributed by atoms with E-state index in [2.05, 4.69) is 15.7 Å². The highest BCUT2D eigenvalue weighted by Gasteiger charge is 2.48. The van der Waals surface area contributed by atoms with Crippen molar-refractivity contribution < 1.29 is 18.0 Å². The molecule has 1 aliphatic rings. The lowest BCUT2D eigenvalue weighted by Gasteiger charge is -2.32. The number of alkyl halides is 3. The minimum Gasteiger partial charge on any atom is -0.361 e. The fourth-order valence-corrected chi connectivity index (χ4v) is 4.48. The zero-order valence-electron chi connectivity index (χ0n) is 16.0. The maximum atomic E-state index is 13.8. The van der Waals surface area contributed by atoms with Crippen LogP contribution in [0.2, 0.25) is 5.02 Å². The zero-order valence-corrected chi connectivity index (χ0v) is 17.6. The summed E-state index contributed by atoms with van der Waals surface area (Å²) in [4.78, 5) is 13.5. The molecule has 158 valence electrons. The molecule has 3 aromatic rings. The Hall–Kier alpha value is -2.52. The van der Waals surface area contributed by atoms with Crippen LogP contribution in [-0.2, 0) is 0 Å². The van der Waals surface area contributed by atoms with Gasteiger partial charge >= 0.3 is 6.18 Å². The number of fused-ring (bicyclic) bond motifs is 1. The molecule has 0 spiro atoms. The highest BCUT2D eigenvalue weighted by molar-refractivity contribution is 7.10. The average Bonchev–Trinajstić information content (AvgIpc) is 3.32. The van der Waals surface area contributed by atoms with Crippen molar-refractivity contribution in [3.63, 3.8) is 0 Å². The summed E-state index contributed by atoms with van der Waals surface area (Å²) in [6.07, 6.45) is -4.78. The van der Waals surface area contributed by atoms with Gasteiger partial charge in [-0.1, -0.05) is 23.7 Å². The summed E-state index contributed by atoms with van der Waals surface area (Å²) in [6, 6.07) is 6.42. The van der Waals surface area contributed by atoms with Gasteiger partial charge in [0.2, 0.25) is 0 Å². The molecule has 0 saturated carbocycles. The third-order valence-electron chi connectivity index (χ3n) is 5.16. The Kier molecular flexibility index (Phi) is 5.27. The first-order valence-corrected chi connectivity index (χ1v) is 10.4. The average molecular weight is 455 g/mol. The molecule has 30 heavy (non-hydrogen) atoms. The number of carbonyl (C=O) groups excluding carboxylic acids is 1. The van der Waals surface area contributed by atoms with E-state index in [1.54, 1.807) is 29.6 Å². The predicted molar refractivity (Wildman–Crippen MR) is 111 cm³/mol. The monoisotopic (exact) mass is 454 g/mol. The van der Waals surface area contributed by atoms with Crippen molar-refractivity contribution in [1.82, 2.24) is 9.78 Å². The number of amides is 1. The second kappa shape index (κ2) is 7.63. The minimum absolute atomic E-state index is 0.00567. The van der Waals surface area contributed by atoms with E-state index in [1.165, 1.54) is 11.3 Å². The van der Waals surface area contributed by atoms with Crippen LogP contribution < -0.4 is 10.6 Å². The molecule has 0 saturated heterocycles. The minimum atomic E-state index is -4.54. The molecule has 1 aromatic carbocycles. The van der Waals surface area contributed by atoms with E-state index in [-0.39, 0.29) is 23.0 Å². The molecule has 3 heterocycles. The normalized spacial score (nSPS) is 18.6. The molecule has 2 atom stereocenters. The molecule has 0 unspecified atom stereocenters. The number of carbonyl (C=O) groups is 1. The van der Waals surface area contributed by atoms with E-state index in [4.69, 9.17) is 11.6 Å². The van der Waals surface area contributed by atoms with Gasteiger partial charge in [-0.3, -0.25) is 4.79 Å². The summed E-state index contributed by atoms with van der Waals surface area (Å²) in [5.41, 5.74) is 2.29. The molecule has 1 aliphatic heterocycles. The van der Waals surface area contributed by atoms with E-state index < -0.39 is 24.2 Å². The number of aromatic nitrogens is 2. The number of nitrogens with one attached hydrogen (secondary N) is 2. The predicted octanol–water partition coefficient (Wildman–Crippen LogP) is 6.13. The maximum absolute atomic E-state index is 13.8. The van der Waals surface area contributed by atoms with Crippen LogP contribution in [0.1, 0.15) is 45.0 Å². The third-order valence-corrected chi connectivity index (χ3v) is 6.51. The summed E-state index contributed by atoms with van der Waals surface area (Å²) in [5.74, 6) is -0.672. The number of halogens is 4. The van der Waals surface area contributed by atoms with E-state index in [0.717, 1.165) is 20.7 Å². The van der Waals surface area contributed by atoms with E-state index in [9.17, 15) is 18.0 Å². The summed E-state index contributed by atoms with van der Waals surface area (Å²) in [5, 5.41) is 11.3. The van der Waals surface area contributed by atoms with Gasteiger partial charge in [0.05, 0.1) is 6.04 Å². The number of anilines is 2. The molecule has 0 fully saturated rings. The van der Waals surface area contributed by atoms with Gasteiger partial charge in [-0.15, -0.1) is 11.3 Å². The quantitative estimate of drug-likeness (QED) is 0.500. The molecular weight excluding hydrogens is 437 g/mol. The van der Waals surface area contributed by atoms with Crippen molar-refractivity contribution in [3.8, 4) is 0 Å². The van der Waals surface area contributed by atoms with Crippen molar-refractivity contribution in [2.75, 3.05) is 10.6 Å². The number of hydrogen-bond donors (Lipinski definition) is 2. The zero-order chi connectivity index (χ0) is 21.6. The topological polar surface area (TPSA) is 59.0 Å². The summed E-state index contributed by atoms with van der Waals surface area (Å²) in [7, 11) is 0. The number of nitrogens with zero attached hydrogens (tertiary/aromatic N) is 2. The van der Waals surface area contributed by atoms with Crippen molar-refractivity contribution >= 4 is 40.4 Å². The molecule has 4 rings (SSSR count). The largest absolute Gasteiger partial charge is 0.410 e. The Morgan fingerprint density at radius 2 is 2.07 bits per heavy atom. The molecule has 2 N–H and O–H groups in total. The Balaban J connectivity index is 1.69. The van der Waals surface area contributed by atoms with Crippen LogP contribution >= 0.6 is 22.9 Å². The Labute approximate surface area is 179 Å². The Bertz CT molecular complexity index is 1090. The third kappa shape index (κ3) is 3.79. The second-order valence-corrected chi connectivity index (χ2v) is 8.57. The van der Waals surface area contributed by atoms with Crippen LogP contribution in [0.3, 0.4) is 0 Å². The lowest BCUT2D eigenvalue weighted by Crippen LogP contribution is -2.35.